The summed E-state index contributed by atoms with van der Waals surface area (Å²) in [6, 6.07) is 3.02. The minimum atomic E-state index is -0.315. The monoisotopic (exact) mass is 278 g/mol. The SMILES string of the molecule is COC(=O)C1CCCN1c1ccc(C(=O)N(C)C)nn1. The number of esters is 1. The molecule has 20 heavy (non-hydrogen) atoms. The van der Waals surface area contributed by atoms with E-state index in [1.54, 1.807) is 26.2 Å². The summed E-state index contributed by atoms with van der Waals surface area (Å²) in [5.41, 5.74) is 0.285. The summed E-state index contributed by atoms with van der Waals surface area (Å²) in [5.74, 6) is 0.126. The first-order chi connectivity index (χ1) is 9.54. The highest BCUT2D eigenvalue weighted by Gasteiger charge is 2.32. The molecule has 2 heterocycles. The van der Waals surface area contributed by atoms with Gasteiger partial charge in [0.25, 0.3) is 5.91 Å². The molecule has 0 spiro atoms. The first kappa shape index (κ1) is 14.2. The molecule has 1 aliphatic rings. The largest absolute Gasteiger partial charge is 0.467 e. The van der Waals surface area contributed by atoms with Crippen LogP contribution in [-0.4, -0.2) is 60.8 Å². The maximum absolute atomic E-state index is 11.7. The fourth-order valence-corrected chi connectivity index (χ4v) is 2.24. The number of amides is 1. The summed E-state index contributed by atoms with van der Waals surface area (Å²) >= 11 is 0. The lowest BCUT2D eigenvalue weighted by Gasteiger charge is -2.23. The number of ether oxygens (including phenoxy) is 1. The molecular weight excluding hydrogens is 260 g/mol. The zero-order valence-corrected chi connectivity index (χ0v) is 11.9. The molecule has 1 aromatic rings. The van der Waals surface area contributed by atoms with Crippen LogP contribution in [0, 0.1) is 0 Å². The van der Waals surface area contributed by atoms with Crippen LogP contribution < -0.4 is 4.90 Å². The van der Waals surface area contributed by atoms with Crippen LogP contribution in [0.15, 0.2) is 12.1 Å². The van der Waals surface area contributed by atoms with Gasteiger partial charge in [0.1, 0.15) is 6.04 Å². The predicted molar refractivity (Wildman–Crippen MR) is 72.4 cm³/mol. The Morgan fingerprint density at radius 1 is 1.35 bits per heavy atom. The van der Waals surface area contributed by atoms with Crippen LogP contribution in [0.4, 0.5) is 5.82 Å². The van der Waals surface area contributed by atoms with Crippen molar-refractivity contribution in [3.63, 3.8) is 0 Å². The minimum Gasteiger partial charge on any atom is -0.467 e. The third kappa shape index (κ3) is 2.71. The first-order valence-corrected chi connectivity index (χ1v) is 6.44. The molecule has 0 aliphatic carbocycles. The maximum atomic E-state index is 11.7. The topological polar surface area (TPSA) is 75.6 Å². The quantitative estimate of drug-likeness (QED) is 0.741. The lowest BCUT2D eigenvalue weighted by molar-refractivity contribution is -0.141. The van der Waals surface area contributed by atoms with Gasteiger partial charge in [-0.05, 0) is 25.0 Å². The molecule has 0 bridgehead atoms. The van der Waals surface area contributed by atoms with Gasteiger partial charge < -0.3 is 14.5 Å². The molecule has 2 rings (SSSR count). The van der Waals surface area contributed by atoms with Crippen LogP contribution in [0.3, 0.4) is 0 Å². The highest BCUT2D eigenvalue weighted by atomic mass is 16.5. The van der Waals surface area contributed by atoms with Crippen molar-refractivity contribution >= 4 is 17.7 Å². The van der Waals surface area contributed by atoms with Gasteiger partial charge >= 0.3 is 5.97 Å². The van der Waals surface area contributed by atoms with Crippen molar-refractivity contribution in [1.29, 1.82) is 0 Å². The van der Waals surface area contributed by atoms with E-state index < -0.39 is 0 Å². The van der Waals surface area contributed by atoms with Crippen molar-refractivity contribution in [3.8, 4) is 0 Å². The molecule has 0 aromatic carbocycles. The van der Waals surface area contributed by atoms with E-state index in [4.69, 9.17) is 4.74 Å². The summed E-state index contributed by atoms with van der Waals surface area (Å²) in [4.78, 5) is 26.7. The molecule has 1 atom stereocenters. The lowest BCUT2D eigenvalue weighted by atomic mass is 10.2. The van der Waals surface area contributed by atoms with Crippen molar-refractivity contribution in [3.05, 3.63) is 17.8 Å². The minimum absolute atomic E-state index is 0.199. The second kappa shape index (κ2) is 5.85. The zero-order chi connectivity index (χ0) is 14.7. The molecule has 0 radical (unpaired) electrons. The van der Waals surface area contributed by atoms with Crippen LogP contribution in [0.2, 0.25) is 0 Å². The number of hydrogen-bond donors (Lipinski definition) is 0. The number of rotatable bonds is 3. The first-order valence-electron chi connectivity index (χ1n) is 6.44. The summed E-state index contributed by atoms with van der Waals surface area (Å²) < 4.78 is 4.79. The van der Waals surface area contributed by atoms with Crippen molar-refractivity contribution in [2.75, 3.05) is 32.6 Å². The molecule has 1 unspecified atom stereocenters. The Labute approximate surface area is 117 Å². The van der Waals surface area contributed by atoms with E-state index in [-0.39, 0.29) is 23.6 Å². The van der Waals surface area contributed by atoms with Gasteiger partial charge in [0.05, 0.1) is 7.11 Å². The van der Waals surface area contributed by atoms with Crippen LogP contribution in [0.1, 0.15) is 23.3 Å². The van der Waals surface area contributed by atoms with E-state index in [0.29, 0.717) is 5.82 Å². The van der Waals surface area contributed by atoms with Crippen LogP contribution in [0.5, 0.6) is 0 Å². The Bertz CT molecular complexity index is 501. The van der Waals surface area contributed by atoms with E-state index in [1.807, 2.05) is 4.90 Å². The van der Waals surface area contributed by atoms with Gasteiger partial charge in [-0.2, -0.15) is 0 Å². The number of carbonyl (C=O) groups is 2. The molecule has 1 saturated heterocycles. The molecule has 0 N–H and O–H groups in total. The second-order valence-electron chi connectivity index (χ2n) is 4.85. The molecule has 1 amide bonds. The third-order valence-corrected chi connectivity index (χ3v) is 3.30. The Morgan fingerprint density at radius 2 is 2.10 bits per heavy atom. The van der Waals surface area contributed by atoms with Crippen LogP contribution >= 0.6 is 0 Å². The normalized spacial score (nSPS) is 17.9. The molecule has 1 aliphatic heterocycles. The van der Waals surface area contributed by atoms with E-state index in [2.05, 4.69) is 10.2 Å². The third-order valence-electron chi connectivity index (χ3n) is 3.30. The van der Waals surface area contributed by atoms with Gasteiger partial charge in [-0.3, -0.25) is 4.79 Å². The van der Waals surface area contributed by atoms with Crippen LogP contribution in [-0.2, 0) is 9.53 Å². The number of hydrogen-bond acceptors (Lipinski definition) is 6. The second-order valence-corrected chi connectivity index (χ2v) is 4.85. The Hall–Kier alpha value is -2.18. The Morgan fingerprint density at radius 3 is 2.65 bits per heavy atom. The molecular formula is C13H18N4O3. The van der Waals surface area contributed by atoms with E-state index >= 15 is 0 Å². The fraction of sp³-hybridized carbons (Fsp3) is 0.538. The van der Waals surface area contributed by atoms with Gasteiger partial charge in [0.15, 0.2) is 11.5 Å². The summed E-state index contributed by atoms with van der Waals surface area (Å²) in [6.45, 7) is 0.732. The molecule has 0 saturated carbocycles. The van der Waals surface area contributed by atoms with Gasteiger partial charge in [0.2, 0.25) is 0 Å². The van der Waals surface area contributed by atoms with E-state index in [0.717, 1.165) is 19.4 Å². The molecule has 7 heteroatoms. The number of aromatic nitrogens is 2. The van der Waals surface area contributed by atoms with Crippen molar-refractivity contribution in [2.24, 2.45) is 0 Å². The standard InChI is InChI=1S/C13H18N4O3/c1-16(2)12(18)9-6-7-11(15-14-9)17-8-4-5-10(17)13(19)20-3/h6-7,10H,4-5,8H2,1-3H3. The molecule has 7 nitrogen and oxygen atoms in total. The zero-order valence-electron chi connectivity index (χ0n) is 11.9. The number of carbonyl (C=O) groups excluding carboxylic acids is 2. The Kier molecular flexibility index (Phi) is 4.16. The highest BCUT2D eigenvalue weighted by molar-refractivity contribution is 5.91. The number of nitrogens with zero attached hydrogens (tertiary/aromatic N) is 4. The summed E-state index contributed by atoms with van der Waals surface area (Å²) in [7, 11) is 4.70. The van der Waals surface area contributed by atoms with E-state index in [1.165, 1.54) is 12.0 Å². The number of anilines is 1. The Balaban J connectivity index is 2.17. The van der Waals surface area contributed by atoms with Crippen molar-refractivity contribution in [1.82, 2.24) is 15.1 Å². The van der Waals surface area contributed by atoms with Crippen molar-refractivity contribution < 1.29 is 14.3 Å². The van der Waals surface area contributed by atoms with Gasteiger partial charge in [-0.25, -0.2) is 4.79 Å². The van der Waals surface area contributed by atoms with E-state index in [9.17, 15) is 9.59 Å². The maximum Gasteiger partial charge on any atom is 0.328 e. The van der Waals surface area contributed by atoms with Gasteiger partial charge in [0, 0.05) is 20.6 Å². The molecule has 1 fully saturated rings. The highest BCUT2D eigenvalue weighted by Crippen LogP contribution is 2.24. The summed E-state index contributed by atoms with van der Waals surface area (Å²) in [5, 5.41) is 7.98. The predicted octanol–water partition coefficient (Wildman–Crippen LogP) is 0.320. The molecule has 1 aromatic heterocycles. The lowest BCUT2D eigenvalue weighted by Crippen LogP contribution is -2.37. The van der Waals surface area contributed by atoms with Crippen LogP contribution in [0.25, 0.3) is 0 Å². The van der Waals surface area contributed by atoms with Gasteiger partial charge in [-0.15, -0.1) is 10.2 Å². The van der Waals surface area contributed by atoms with Crippen molar-refractivity contribution in [2.45, 2.75) is 18.9 Å². The van der Waals surface area contributed by atoms with Gasteiger partial charge in [-0.1, -0.05) is 0 Å². The average Bonchev–Trinajstić information content (AvgIpc) is 2.95. The molecule has 108 valence electrons. The average molecular weight is 278 g/mol. The number of methoxy groups -OCH3 is 1. The fourth-order valence-electron chi connectivity index (χ4n) is 2.24. The smallest absolute Gasteiger partial charge is 0.328 e. The summed E-state index contributed by atoms with van der Waals surface area (Å²) in [6.07, 6.45) is 1.65.